The number of benzene rings is 2. The number of hydrogen-bond acceptors (Lipinski definition) is 4. The van der Waals surface area contributed by atoms with Gasteiger partial charge < -0.3 is 16.4 Å². The van der Waals surface area contributed by atoms with Crippen molar-refractivity contribution in [1.82, 2.24) is 0 Å². The average Bonchev–Trinajstić information content (AvgIpc) is 2.56. The minimum atomic E-state index is -4.52. The van der Waals surface area contributed by atoms with Crippen molar-refractivity contribution in [2.45, 2.75) is 6.18 Å². The van der Waals surface area contributed by atoms with Crippen LogP contribution in [0.25, 0.3) is 0 Å². The maximum absolute atomic E-state index is 12.7. The Labute approximate surface area is 141 Å². The predicted molar refractivity (Wildman–Crippen MR) is 88.2 cm³/mol. The summed E-state index contributed by atoms with van der Waals surface area (Å²) < 4.78 is 38.0. The number of nitrogens with zero attached hydrogens (tertiary/aromatic N) is 1. The minimum absolute atomic E-state index is 0.0616. The lowest BCUT2D eigenvalue weighted by Crippen LogP contribution is -2.15. The van der Waals surface area contributed by atoms with Crippen LogP contribution in [0.1, 0.15) is 5.56 Å². The Morgan fingerprint density at radius 3 is 2.40 bits per heavy atom. The van der Waals surface area contributed by atoms with Gasteiger partial charge in [-0.3, -0.25) is 4.79 Å². The molecule has 0 unspecified atom stereocenters. The highest BCUT2D eigenvalue weighted by atomic mass is 19.4. The fraction of sp³-hybridized carbons (Fsp3) is 0.0588. The van der Waals surface area contributed by atoms with Crippen LogP contribution in [0, 0.1) is 11.3 Å². The summed E-state index contributed by atoms with van der Waals surface area (Å²) in [4.78, 5) is 12.0. The second-order valence-electron chi connectivity index (χ2n) is 4.97. The summed E-state index contributed by atoms with van der Waals surface area (Å²) in [6, 6.07) is 12.4. The quantitative estimate of drug-likeness (QED) is 0.447. The molecule has 0 heterocycles. The monoisotopic (exact) mass is 346 g/mol. The molecule has 1 amide bonds. The number of alkyl halides is 3. The van der Waals surface area contributed by atoms with Crippen molar-refractivity contribution in [3.8, 4) is 6.07 Å². The molecule has 0 aromatic heterocycles. The molecule has 0 atom stereocenters. The molecule has 0 radical (unpaired) electrons. The van der Waals surface area contributed by atoms with Gasteiger partial charge in [-0.05, 0) is 42.5 Å². The molecule has 5 nitrogen and oxygen atoms in total. The topological polar surface area (TPSA) is 90.9 Å². The Hall–Kier alpha value is -3.47. The fourth-order valence-corrected chi connectivity index (χ4v) is 1.86. The van der Waals surface area contributed by atoms with E-state index in [9.17, 15) is 18.0 Å². The SMILES string of the molecule is N#C/C(=C/Nc1ccc(N)cc1)C(=O)Nc1cccc(C(F)(F)F)c1. The summed E-state index contributed by atoms with van der Waals surface area (Å²) in [7, 11) is 0. The first-order chi connectivity index (χ1) is 11.8. The zero-order chi connectivity index (χ0) is 18.4. The second kappa shape index (κ2) is 7.40. The average molecular weight is 346 g/mol. The number of carbonyl (C=O) groups is 1. The number of carbonyl (C=O) groups excluding carboxylic acids is 1. The van der Waals surface area contributed by atoms with E-state index in [0.29, 0.717) is 11.4 Å². The van der Waals surface area contributed by atoms with E-state index in [2.05, 4.69) is 10.6 Å². The normalized spacial score (nSPS) is 11.5. The van der Waals surface area contributed by atoms with Gasteiger partial charge in [-0.1, -0.05) is 6.07 Å². The third kappa shape index (κ3) is 5.00. The van der Waals surface area contributed by atoms with Gasteiger partial charge in [0.15, 0.2) is 0 Å². The summed E-state index contributed by atoms with van der Waals surface area (Å²) in [5.41, 5.74) is 5.44. The summed E-state index contributed by atoms with van der Waals surface area (Å²) in [5, 5.41) is 14.1. The lowest BCUT2D eigenvalue weighted by atomic mass is 10.2. The van der Waals surface area contributed by atoms with Crippen LogP contribution in [-0.4, -0.2) is 5.91 Å². The van der Waals surface area contributed by atoms with Crippen molar-refractivity contribution in [3.05, 3.63) is 65.9 Å². The van der Waals surface area contributed by atoms with E-state index in [1.54, 1.807) is 30.3 Å². The molecule has 0 aliphatic rings. The van der Waals surface area contributed by atoms with Gasteiger partial charge in [-0.2, -0.15) is 18.4 Å². The van der Waals surface area contributed by atoms with E-state index < -0.39 is 17.6 Å². The summed E-state index contributed by atoms with van der Waals surface area (Å²) in [6.07, 6.45) is -3.36. The zero-order valence-corrected chi connectivity index (χ0v) is 12.8. The van der Waals surface area contributed by atoms with Gasteiger partial charge in [0.25, 0.3) is 5.91 Å². The highest BCUT2D eigenvalue weighted by Gasteiger charge is 2.30. The van der Waals surface area contributed by atoms with Gasteiger partial charge in [-0.25, -0.2) is 0 Å². The number of nitrogens with two attached hydrogens (primary N) is 1. The zero-order valence-electron chi connectivity index (χ0n) is 12.8. The molecule has 0 aliphatic carbocycles. The first-order valence-electron chi connectivity index (χ1n) is 7.00. The molecule has 128 valence electrons. The number of rotatable bonds is 4. The third-order valence-electron chi connectivity index (χ3n) is 3.11. The van der Waals surface area contributed by atoms with E-state index in [-0.39, 0.29) is 11.3 Å². The van der Waals surface area contributed by atoms with E-state index in [1.807, 2.05) is 0 Å². The lowest BCUT2D eigenvalue weighted by molar-refractivity contribution is -0.137. The van der Waals surface area contributed by atoms with Gasteiger partial charge >= 0.3 is 6.18 Å². The Morgan fingerprint density at radius 2 is 1.80 bits per heavy atom. The molecule has 0 aliphatic heterocycles. The van der Waals surface area contributed by atoms with Gasteiger partial charge in [0, 0.05) is 23.3 Å². The number of amides is 1. The number of hydrogen-bond donors (Lipinski definition) is 3. The predicted octanol–water partition coefficient (Wildman–Crippen LogP) is 3.75. The molecular formula is C17H13F3N4O. The van der Waals surface area contributed by atoms with Crippen molar-refractivity contribution in [3.63, 3.8) is 0 Å². The molecule has 8 heteroatoms. The Kier molecular flexibility index (Phi) is 5.29. The van der Waals surface area contributed by atoms with Crippen molar-refractivity contribution in [1.29, 1.82) is 5.26 Å². The van der Waals surface area contributed by atoms with Crippen molar-refractivity contribution in [2.24, 2.45) is 0 Å². The van der Waals surface area contributed by atoms with Gasteiger partial charge in [0.05, 0.1) is 5.56 Å². The number of halogens is 3. The van der Waals surface area contributed by atoms with Crippen LogP contribution >= 0.6 is 0 Å². The molecule has 0 fully saturated rings. The van der Waals surface area contributed by atoms with Gasteiger partial charge in [-0.15, -0.1) is 0 Å². The summed E-state index contributed by atoms with van der Waals surface area (Å²) in [5.74, 6) is -0.829. The van der Waals surface area contributed by atoms with Crippen LogP contribution in [0.15, 0.2) is 60.3 Å². The maximum atomic E-state index is 12.7. The highest BCUT2D eigenvalue weighted by molar-refractivity contribution is 6.06. The smallest absolute Gasteiger partial charge is 0.399 e. The molecule has 0 saturated carbocycles. The molecule has 4 N–H and O–H groups in total. The molecule has 2 aromatic rings. The minimum Gasteiger partial charge on any atom is -0.399 e. The van der Waals surface area contributed by atoms with Crippen molar-refractivity contribution in [2.75, 3.05) is 16.4 Å². The molecule has 0 spiro atoms. The number of nitrogen functional groups attached to an aromatic ring is 1. The van der Waals surface area contributed by atoms with Gasteiger partial charge in [0.2, 0.25) is 0 Å². The molecule has 2 rings (SSSR count). The Morgan fingerprint density at radius 1 is 1.12 bits per heavy atom. The third-order valence-corrected chi connectivity index (χ3v) is 3.11. The standard InChI is InChI=1S/C17H13F3N4O/c18-17(19,20)12-2-1-3-15(8-12)24-16(25)11(9-21)10-23-14-6-4-13(22)5-7-14/h1-8,10,23H,22H2,(H,24,25)/b11-10-. The van der Waals surface area contributed by atoms with Crippen LogP contribution in [-0.2, 0) is 11.0 Å². The van der Waals surface area contributed by atoms with E-state index >= 15 is 0 Å². The molecular weight excluding hydrogens is 333 g/mol. The first kappa shape index (κ1) is 17.9. The fourth-order valence-electron chi connectivity index (χ4n) is 1.86. The van der Waals surface area contributed by atoms with E-state index in [0.717, 1.165) is 18.3 Å². The maximum Gasteiger partial charge on any atom is 0.416 e. The molecule has 2 aromatic carbocycles. The van der Waals surface area contributed by atoms with E-state index in [4.69, 9.17) is 11.0 Å². The van der Waals surface area contributed by atoms with E-state index in [1.165, 1.54) is 12.1 Å². The largest absolute Gasteiger partial charge is 0.416 e. The lowest BCUT2D eigenvalue weighted by Gasteiger charge is -2.09. The Bertz CT molecular complexity index is 836. The molecule has 25 heavy (non-hydrogen) atoms. The van der Waals surface area contributed by atoms with Crippen LogP contribution in [0.3, 0.4) is 0 Å². The van der Waals surface area contributed by atoms with Crippen LogP contribution in [0.5, 0.6) is 0 Å². The molecule has 0 bridgehead atoms. The van der Waals surface area contributed by atoms with Crippen LogP contribution < -0.4 is 16.4 Å². The first-order valence-corrected chi connectivity index (χ1v) is 7.00. The molecule has 0 saturated heterocycles. The second-order valence-corrected chi connectivity index (χ2v) is 4.97. The Balaban J connectivity index is 2.11. The number of anilines is 3. The van der Waals surface area contributed by atoms with Crippen LogP contribution in [0.2, 0.25) is 0 Å². The summed E-state index contributed by atoms with van der Waals surface area (Å²) in [6.45, 7) is 0. The number of nitrogens with one attached hydrogen (secondary N) is 2. The summed E-state index contributed by atoms with van der Waals surface area (Å²) >= 11 is 0. The van der Waals surface area contributed by atoms with Crippen molar-refractivity contribution < 1.29 is 18.0 Å². The van der Waals surface area contributed by atoms with Gasteiger partial charge in [0.1, 0.15) is 11.6 Å². The highest BCUT2D eigenvalue weighted by Crippen LogP contribution is 2.30. The van der Waals surface area contributed by atoms with Crippen LogP contribution in [0.4, 0.5) is 30.2 Å². The van der Waals surface area contributed by atoms with Crippen molar-refractivity contribution >= 4 is 23.0 Å². The number of nitriles is 1.